The zero-order chi connectivity index (χ0) is 20.5. The summed E-state index contributed by atoms with van der Waals surface area (Å²) in [5, 5.41) is 14.7. The molecule has 0 atom stereocenters. The van der Waals surface area contributed by atoms with Gasteiger partial charge in [-0.1, -0.05) is 0 Å². The van der Waals surface area contributed by atoms with Crippen LogP contribution in [-0.4, -0.2) is 46.2 Å². The molecular formula is C22H20N6O2. The SMILES string of the molecule is COc1cnccc1-c1cnc2[nH]c3cnc(C#N)c(OC4CCNCC4)c3c2c1. The number of hydrogen-bond donors (Lipinski definition) is 2. The molecule has 8 nitrogen and oxygen atoms in total. The van der Waals surface area contributed by atoms with Crippen LogP contribution in [0, 0.1) is 11.3 Å². The van der Waals surface area contributed by atoms with Gasteiger partial charge in [0.05, 0.1) is 30.4 Å². The second kappa shape index (κ2) is 7.61. The lowest BCUT2D eigenvalue weighted by Crippen LogP contribution is -2.34. The molecule has 5 heterocycles. The molecule has 0 radical (unpaired) electrons. The summed E-state index contributed by atoms with van der Waals surface area (Å²) in [6, 6.07) is 6.11. The monoisotopic (exact) mass is 400 g/mol. The predicted molar refractivity (Wildman–Crippen MR) is 112 cm³/mol. The van der Waals surface area contributed by atoms with Crippen molar-refractivity contribution in [3.8, 4) is 28.7 Å². The standard InChI is InChI=1S/C22H20N6O2/c1-29-19-12-25-7-4-15(19)13-8-16-20-18(28-22(16)27-10-13)11-26-17(9-23)21(20)30-14-2-5-24-6-3-14/h4,7-8,10-12,14,24H,2-3,5-6H2,1H3,(H,27,28). The normalized spacial score (nSPS) is 14.7. The minimum absolute atomic E-state index is 0.0483. The minimum Gasteiger partial charge on any atom is -0.494 e. The molecule has 2 N–H and O–H groups in total. The third kappa shape index (κ3) is 3.09. The van der Waals surface area contributed by atoms with Gasteiger partial charge in [0.2, 0.25) is 0 Å². The first-order valence-corrected chi connectivity index (χ1v) is 9.84. The Morgan fingerprint density at radius 3 is 2.83 bits per heavy atom. The molecule has 8 heteroatoms. The van der Waals surface area contributed by atoms with Gasteiger partial charge in [0, 0.05) is 28.9 Å². The van der Waals surface area contributed by atoms with Crippen molar-refractivity contribution in [3.05, 3.63) is 42.6 Å². The first kappa shape index (κ1) is 18.3. The van der Waals surface area contributed by atoms with Crippen LogP contribution in [0.3, 0.4) is 0 Å². The molecule has 0 spiro atoms. The van der Waals surface area contributed by atoms with Crippen molar-refractivity contribution in [3.63, 3.8) is 0 Å². The van der Waals surface area contributed by atoms with Crippen LogP contribution >= 0.6 is 0 Å². The molecule has 0 bridgehead atoms. The molecule has 4 aromatic rings. The quantitative estimate of drug-likeness (QED) is 0.541. The van der Waals surface area contributed by atoms with Gasteiger partial charge in [0.1, 0.15) is 23.6 Å². The largest absolute Gasteiger partial charge is 0.494 e. The van der Waals surface area contributed by atoms with Crippen LogP contribution < -0.4 is 14.8 Å². The Kier molecular flexibility index (Phi) is 4.65. The number of nitriles is 1. The Labute approximate surface area is 172 Å². The fourth-order valence-electron chi connectivity index (χ4n) is 3.94. The lowest BCUT2D eigenvalue weighted by atomic mass is 10.1. The van der Waals surface area contributed by atoms with Crippen molar-refractivity contribution in [1.29, 1.82) is 5.26 Å². The molecule has 5 rings (SSSR count). The van der Waals surface area contributed by atoms with Crippen LogP contribution in [-0.2, 0) is 0 Å². The maximum Gasteiger partial charge on any atom is 0.183 e. The zero-order valence-electron chi connectivity index (χ0n) is 16.5. The van der Waals surface area contributed by atoms with Gasteiger partial charge >= 0.3 is 0 Å². The molecule has 0 aliphatic carbocycles. The van der Waals surface area contributed by atoms with E-state index in [2.05, 4.69) is 31.3 Å². The summed E-state index contributed by atoms with van der Waals surface area (Å²) < 4.78 is 11.8. The number of methoxy groups -OCH3 is 1. The molecule has 0 saturated carbocycles. The molecule has 0 amide bonds. The molecule has 150 valence electrons. The number of piperidine rings is 1. The van der Waals surface area contributed by atoms with Gasteiger partial charge in [-0.2, -0.15) is 5.26 Å². The number of nitrogens with one attached hydrogen (secondary N) is 2. The lowest BCUT2D eigenvalue weighted by Gasteiger charge is -2.24. The molecule has 1 aliphatic rings. The highest BCUT2D eigenvalue weighted by atomic mass is 16.5. The lowest BCUT2D eigenvalue weighted by molar-refractivity contribution is 0.163. The summed E-state index contributed by atoms with van der Waals surface area (Å²) in [5.74, 6) is 1.19. The van der Waals surface area contributed by atoms with E-state index in [1.165, 1.54) is 0 Å². The number of hydrogen-bond acceptors (Lipinski definition) is 7. The van der Waals surface area contributed by atoms with E-state index >= 15 is 0 Å². The Balaban J connectivity index is 1.71. The maximum absolute atomic E-state index is 9.66. The highest BCUT2D eigenvalue weighted by Crippen LogP contribution is 2.38. The first-order valence-electron chi connectivity index (χ1n) is 9.84. The summed E-state index contributed by atoms with van der Waals surface area (Å²) in [7, 11) is 1.62. The smallest absolute Gasteiger partial charge is 0.183 e. The topological polar surface area (TPSA) is 109 Å². The van der Waals surface area contributed by atoms with Crippen molar-refractivity contribution in [2.75, 3.05) is 20.2 Å². The number of ether oxygens (including phenoxy) is 2. The van der Waals surface area contributed by atoms with E-state index in [0.717, 1.165) is 53.3 Å². The fourth-order valence-corrected chi connectivity index (χ4v) is 3.94. The van der Waals surface area contributed by atoms with Crippen molar-refractivity contribution in [2.24, 2.45) is 0 Å². The Morgan fingerprint density at radius 1 is 1.17 bits per heavy atom. The average Bonchev–Trinajstić information content (AvgIpc) is 3.18. The van der Waals surface area contributed by atoms with Crippen molar-refractivity contribution in [1.82, 2.24) is 25.3 Å². The van der Waals surface area contributed by atoms with Crippen LogP contribution in [0.1, 0.15) is 18.5 Å². The summed E-state index contributed by atoms with van der Waals surface area (Å²) in [5.41, 5.74) is 3.58. The fraction of sp³-hybridized carbons (Fsp3) is 0.273. The average molecular weight is 400 g/mol. The minimum atomic E-state index is 0.0483. The molecule has 1 fully saturated rings. The number of aromatic amines is 1. The Bertz CT molecular complexity index is 1270. The van der Waals surface area contributed by atoms with Gasteiger partial charge in [-0.05, 0) is 38.1 Å². The predicted octanol–water partition coefficient (Wildman–Crippen LogP) is 3.18. The number of aromatic nitrogens is 4. The molecule has 1 saturated heterocycles. The third-order valence-corrected chi connectivity index (χ3v) is 5.44. The van der Waals surface area contributed by atoms with E-state index < -0.39 is 0 Å². The van der Waals surface area contributed by atoms with Crippen LogP contribution in [0.2, 0.25) is 0 Å². The number of rotatable bonds is 4. The zero-order valence-corrected chi connectivity index (χ0v) is 16.5. The van der Waals surface area contributed by atoms with E-state index in [0.29, 0.717) is 17.1 Å². The molecule has 0 aromatic carbocycles. The van der Waals surface area contributed by atoms with E-state index in [1.807, 2.05) is 12.1 Å². The van der Waals surface area contributed by atoms with Crippen molar-refractivity contribution < 1.29 is 9.47 Å². The van der Waals surface area contributed by atoms with Gasteiger partial charge in [-0.25, -0.2) is 9.97 Å². The van der Waals surface area contributed by atoms with Crippen molar-refractivity contribution in [2.45, 2.75) is 18.9 Å². The Hall–Kier alpha value is -3.70. The first-order chi connectivity index (χ1) is 14.8. The van der Waals surface area contributed by atoms with Gasteiger partial charge in [-0.15, -0.1) is 0 Å². The van der Waals surface area contributed by atoms with Crippen LogP contribution in [0.25, 0.3) is 33.1 Å². The molecule has 4 aromatic heterocycles. The van der Waals surface area contributed by atoms with E-state index in [1.54, 1.807) is 31.9 Å². The van der Waals surface area contributed by atoms with Gasteiger partial charge < -0.3 is 19.8 Å². The van der Waals surface area contributed by atoms with Gasteiger partial charge in [0.15, 0.2) is 11.4 Å². The van der Waals surface area contributed by atoms with Crippen LogP contribution in [0.4, 0.5) is 0 Å². The number of pyridine rings is 3. The Morgan fingerprint density at radius 2 is 2.03 bits per heavy atom. The molecular weight excluding hydrogens is 380 g/mol. The second-order valence-corrected chi connectivity index (χ2v) is 7.22. The highest BCUT2D eigenvalue weighted by molar-refractivity contribution is 6.10. The van der Waals surface area contributed by atoms with Gasteiger partial charge in [0.25, 0.3) is 0 Å². The molecule has 1 aliphatic heterocycles. The van der Waals surface area contributed by atoms with Gasteiger partial charge in [-0.3, -0.25) is 4.98 Å². The highest BCUT2D eigenvalue weighted by Gasteiger charge is 2.22. The molecule has 30 heavy (non-hydrogen) atoms. The second-order valence-electron chi connectivity index (χ2n) is 7.22. The number of fused-ring (bicyclic) bond motifs is 3. The van der Waals surface area contributed by atoms with Crippen LogP contribution in [0.5, 0.6) is 11.5 Å². The van der Waals surface area contributed by atoms with E-state index in [4.69, 9.17) is 9.47 Å². The van der Waals surface area contributed by atoms with Crippen molar-refractivity contribution >= 4 is 21.9 Å². The van der Waals surface area contributed by atoms with E-state index in [9.17, 15) is 5.26 Å². The maximum atomic E-state index is 9.66. The number of nitrogens with zero attached hydrogens (tertiary/aromatic N) is 4. The van der Waals surface area contributed by atoms with Crippen LogP contribution in [0.15, 0.2) is 36.9 Å². The third-order valence-electron chi connectivity index (χ3n) is 5.44. The summed E-state index contributed by atoms with van der Waals surface area (Å²) in [6.45, 7) is 1.80. The summed E-state index contributed by atoms with van der Waals surface area (Å²) in [6.07, 6.45) is 8.69. The number of H-pyrrole nitrogens is 1. The summed E-state index contributed by atoms with van der Waals surface area (Å²) >= 11 is 0. The molecule has 0 unspecified atom stereocenters. The van der Waals surface area contributed by atoms with E-state index in [-0.39, 0.29) is 11.8 Å². The summed E-state index contributed by atoms with van der Waals surface area (Å²) in [4.78, 5) is 16.3.